The van der Waals surface area contributed by atoms with Crippen molar-refractivity contribution in [2.45, 2.75) is 89.0 Å². The first-order valence-electron chi connectivity index (χ1n) is 15.6. The molecule has 0 aliphatic carbocycles. The van der Waals surface area contributed by atoms with E-state index in [9.17, 15) is 13.2 Å². The number of thiazole rings is 1. The maximum atomic E-state index is 13.0. The Morgan fingerprint density at radius 2 is 1.96 bits per heavy atom. The van der Waals surface area contributed by atoms with Crippen LogP contribution in [0.5, 0.6) is 0 Å². The van der Waals surface area contributed by atoms with Gasteiger partial charge < -0.3 is 9.16 Å². The Morgan fingerprint density at radius 3 is 2.62 bits per heavy atom. The number of amides is 1. The van der Waals surface area contributed by atoms with Crippen molar-refractivity contribution in [1.29, 1.82) is 0 Å². The molecule has 4 rings (SSSR count). The number of nitrogens with zero attached hydrogens (tertiary/aromatic N) is 2. The van der Waals surface area contributed by atoms with Crippen LogP contribution in [0.2, 0.25) is 18.1 Å². The average molecular weight is 674 g/mol. The number of rotatable bonds is 11. The normalized spacial score (nSPS) is 19.5. The third-order valence-corrected chi connectivity index (χ3v) is 16.8. The first kappa shape index (κ1) is 35.6. The molecule has 1 N–H and O–H groups in total. The Bertz CT molecular complexity index is 1580. The third-order valence-electron chi connectivity index (χ3n) is 9.15. The van der Waals surface area contributed by atoms with Gasteiger partial charge in [-0.3, -0.25) is 9.69 Å². The number of hydrogen-bond donors (Lipinski definition) is 1. The van der Waals surface area contributed by atoms with Gasteiger partial charge in [0.25, 0.3) is 5.91 Å². The molecule has 2 aliphatic heterocycles. The van der Waals surface area contributed by atoms with Gasteiger partial charge in [-0.05, 0) is 74.4 Å². The van der Waals surface area contributed by atoms with Gasteiger partial charge in [0.1, 0.15) is 4.75 Å². The second-order valence-corrected chi connectivity index (χ2v) is 22.1. The van der Waals surface area contributed by atoms with E-state index in [1.807, 2.05) is 18.2 Å². The molecule has 2 aliphatic rings. The van der Waals surface area contributed by atoms with E-state index in [0.717, 1.165) is 66.1 Å². The Kier molecular flexibility index (Phi) is 11.6. The van der Waals surface area contributed by atoms with Crippen molar-refractivity contribution in [3.05, 3.63) is 28.8 Å². The molecule has 0 spiro atoms. The van der Waals surface area contributed by atoms with Crippen molar-refractivity contribution < 1.29 is 27.2 Å². The van der Waals surface area contributed by atoms with Crippen molar-refractivity contribution >= 4 is 45.6 Å². The van der Waals surface area contributed by atoms with E-state index < -0.39 is 35.1 Å². The largest absolute Gasteiger partial charge is 0.416 e. The number of ether oxygens (including phenoxy) is 1. The molecule has 9 nitrogen and oxygen atoms in total. The zero-order valence-electron chi connectivity index (χ0n) is 27.6. The molecule has 1 aromatic heterocycles. The number of sulfone groups is 1. The summed E-state index contributed by atoms with van der Waals surface area (Å²) in [6.07, 6.45) is 3.41. The first-order chi connectivity index (χ1) is 21.1. The molecule has 45 heavy (non-hydrogen) atoms. The number of aromatic nitrogens is 1. The summed E-state index contributed by atoms with van der Waals surface area (Å²) >= 11 is 1.47. The monoisotopic (exact) mass is 673 g/mol. The Balaban J connectivity index is 1.28. The minimum absolute atomic E-state index is 0.0663. The predicted molar refractivity (Wildman–Crippen MR) is 182 cm³/mol. The summed E-state index contributed by atoms with van der Waals surface area (Å²) in [4.78, 5) is 25.4. The topological polar surface area (TPSA) is 107 Å². The fourth-order valence-corrected chi connectivity index (χ4v) is 7.62. The van der Waals surface area contributed by atoms with Gasteiger partial charge >= 0.3 is 0 Å². The fourth-order valence-electron chi connectivity index (χ4n) is 4.73. The maximum absolute atomic E-state index is 13.0. The lowest BCUT2D eigenvalue weighted by atomic mass is 10.0. The number of hydrogen-bond acceptors (Lipinski definition) is 9. The number of likely N-dealkylation sites (tertiary alicyclic amines) is 1. The number of carbonyl (C=O) groups is 1. The SMILES string of the molecule is CC(C)(C)[Si](C)(C)OCCN1CC(C#CC#Cc2ccc3nc(CCC(C)(C(=O)NOC4CCCCO4)S(C)(=O)=O)sc3c2)C1. The van der Waals surface area contributed by atoms with Crippen LogP contribution in [-0.4, -0.2) is 82.7 Å². The quantitative estimate of drug-likeness (QED) is 0.204. The van der Waals surface area contributed by atoms with Crippen molar-refractivity contribution in [1.82, 2.24) is 15.4 Å². The van der Waals surface area contributed by atoms with Crippen LogP contribution >= 0.6 is 11.3 Å². The van der Waals surface area contributed by atoms with Crippen LogP contribution in [0.3, 0.4) is 0 Å². The first-order valence-corrected chi connectivity index (χ1v) is 21.2. The van der Waals surface area contributed by atoms with E-state index in [2.05, 4.69) is 72.9 Å². The predicted octanol–water partition coefficient (Wildman–Crippen LogP) is 4.92. The number of carbonyl (C=O) groups excluding carboxylic acids is 1. The second kappa shape index (κ2) is 14.6. The Labute approximate surface area is 273 Å². The number of benzene rings is 1. The van der Waals surface area contributed by atoms with Gasteiger partial charge in [0.2, 0.25) is 0 Å². The number of aryl methyl sites for hydroxylation is 1. The molecular formula is C33H47N3O6S2Si. The van der Waals surface area contributed by atoms with Gasteiger partial charge in [0, 0.05) is 63.4 Å². The number of hydroxylamine groups is 1. The van der Waals surface area contributed by atoms with Crippen molar-refractivity contribution in [2.75, 3.05) is 39.1 Å². The van der Waals surface area contributed by atoms with Crippen LogP contribution < -0.4 is 5.48 Å². The van der Waals surface area contributed by atoms with Gasteiger partial charge in [-0.1, -0.05) is 32.6 Å². The lowest BCUT2D eigenvalue weighted by molar-refractivity contribution is -0.201. The highest BCUT2D eigenvalue weighted by molar-refractivity contribution is 7.92. The zero-order valence-corrected chi connectivity index (χ0v) is 30.3. The van der Waals surface area contributed by atoms with Gasteiger partial charge in [0.15, 0.2) is 24.4 Å². The fraction of sp³-hybridized carbons (Fsp3) is 0.636. The number of nitrogens with one attached hydrogen (secondary N) is 1. The summed E-state index contributed by atoms with van der Waals surface area (Å²) in [6, 6.07) is 5.79. The average Bonchev–Trinajstić information content (AvgIpc) is 3.36. The van der Waals surface area contributed by atoms with Gasteiger partial charge in [-0.15, -0.1) is 11.3 Å². The molecule has 2 unspecified atom stereocenters. The second-order valence-electron chi connectivity index (χ2n) is 13.7. The van der Waals surface area contributed by atoms with Crippen molar-refractivity contribution in [3.8, 4) is 23.7 Å². The third kappa shape index (κ3) is 9.38. The van der Waals surface area contributed by atoms with Crippen LogP contribution in [0.1, 0.15) is 63.9 Å². The molecule has 2 atom stereocenters. The molecule has 2 fully saturated rings. The van der Waals surface area contributed by atoms with E-state index in [-0.39, 0.29) is 11.5 Å². The Morgan fingerprint density at radius 1 is 1.20 bits per heavy atom. The molecule has 0 saturated carbocycles. The molecule has 3 heterocycles. The summed E-state index contributed by atoms with van der Waals surface area (Å²) in [7, 11) is -5.46. The smallest absolute Gasteiger partial charge is 0.264 e. The highest BCUT2D eigenvalue weighted by Gasteiger charge is 2.44. The maximum Gasteiger partial charge on any atom is 0.264 e. The molecule has 1 aromatic carbocycles. The highest BCUT2D eigenvalue weighted by atomic mass is 32.2. The molecule has 2 aromatic rings. The van der Waals surface area contributed by atoms with Crippen LogP contribution in [0.25, 0.3) is 10.2 Å². The van der Waals surface area contributed by atoms with E-state index in [0.29, 0.717) is 25.4 Å². The molecule has 1 amide bonds. The minimum Gasteiger partial charge on any atom is -0.416 e. The highest BCUT2D eigenvalue weighted by Crippen LogP contribution is 2.36. The van der Waals surface area contributed by atoms with Gasteiger partial charge in [-0.2, -0.15) is 0 Å². The van der Waals surface area contributed by atoms with E-state index in [4.69, 9.17) is 14.0 Å². The molecular weight excluding hydrogens is 627 g/mol. The molecule has 0 bridgehead atoms. The summed E-state index contributed by atoms with van der Waals surface area (Å²) in [6.45, 7) is 16.9. The summed E-state index contributed by atoms with van der Waals surface area (Å²) < 4.78 is 36.4. The van der Waals surface area contributed by atoms with Gasteiger partial charge in [-0.25, -0.2) is 23.7 Å². The summed E-state index contributed by atoms with van der Waals surface area (Å²) in [5.41, 5.74) is 3.98. The zero-order chi connectivity index (χ0) is 32.9. The molecule has 246 valence electrons. The van der Waals surface area contributed by atoms with Crippen LogP contribution in [-0.2, 0) is 35.1 Å². The number of fused-ring (bicyclic) bond motifs is 1. The lowest BCUT2D eigenvalue weighted by Crippen LogP contribution is -2.51. The van der Waals surface area contributed by atoms with Crippen molar-refractivity contribution in [3.63, 3.8) is 0 Å². The van der Waals surface area contributed by atoms with Gasteiger partial charge in [0.05, 0.1) is 15.2 Å². The van der Waals surface area contributed by atoms with E-state index in [1.165, 1.54) is 18.3 Å². The molecule has 2 saturated heterocycles. The lowest BCUT2D eigenvalue weighted by Gasteiger charge is -2.39. The van der Waals surface area contributed by atoms with Crippen molar-refractivity contribution in [2.24, 2.45) is 5.92 Å². The molecule has 0 radical (unpaired) electrons. The summed E-state index contributed by atoms with van der Waals surface area (Å²) in [5.74, 6) is 12.0. The molecule has 12 heteroatoms. The Hall–Kier alpha value is -2.29. The minimum atomic E-state index is -3.75. The standard InChI is InChI=1S/C33H47N3O6S2Si/c1-32(2,3)45(6,7)41-21-19-36-23-26(24-36)13-9-8-12-25-15-16-27-28(22-25)43-29(34-27)17-18-33(4,44(5,38)39)31(37)35-42-30-14-10-11-20-40-30/h15-16,22,26,30H,10-11,14,17-21,23-24H2,1-7H3,(H,35,37). The van der Waals surface area contributed by atoms with Crippen LogP contribution in [0.15, 0.2) is 18.2 Å². The van der Waals surface area contributed by atoms with Crippen LogP contribution in [0, 0.1) is 29.6 Å². The van der Waals surface area contributed by atoms with E-state index in [1.54, 1.807) is 0 Å². The van der Waals surface area contributed by atoms with Crippen LogP contribution in [0.4, 0.5) is 0 Å². The summed E-state index contributed by atoms with van der Waals surface area (Å²) in [5, 5.41) is 0.974. The van der Waals surface area contributed by atoms with E-state index >= 15 is 0 Å².